The Morgan fingerprint density at radius 1 is 1.25 bits per heavy atom. The fourth-order valence-corrected chi connectivity index (χ4v) is 3.35. The molecule has 0 aromatic carbocycles. The van der Waals surface area contributed by atoms with Crippen LogP contribution >= 0.6 is 0 Å². The van der Waals surface area contributed by atoms with E-state index in [1.54, 1.807) is 12.4 Å². The zero-order chi connectivity index (χ0) is 9.19. The molecule has 62 valence electrons. The van der Waals surface area contributed by atoms with Gasteiger partial charge in [0.15, 0.2) is 0 Å². The van der Waals surface area contributed by atoms with E-state index >= 15 is 0 Å². The average Bonchev–Trinajstić information content (AvgIpc) is 2.03. The van der Waals surface area contributed by atoms with Gasteiger partial charge in [-0.25, -0.2) is 0 Å². The molecule has 0 spiro atoms. The summed E-state index contributed by atoms with van der Waals surface area (Å²) in [6.45, 7) is 0. The first-order chi connectivity index (χ1) is 5.54. The van der Waals surface area contributed by atoms with Gasteiger partial charge in [0.1, 0.15) is 0 Å². The fourth-order valence-electron chi connectivity index (χ4n) is 0.773. The summed E-state index contributed by atoms with van der Waals surface area (Å²) in [4.78, 5) is 14.8. The van der Waals surface area contributed by atoms with Gasteiger partial charge in [0, 0.05) is 0 Å². The SMILES string of the molecule is [CH3][Sn]([CH3])([CH3])[c]1cnc(C#N)nc1. The minimum absolute atomic E-state index is 0.259. The van der Waals surface area contributed by atoms with Crippen molar-refractivity contribution in [3.05, 3.63) is 18.2 Å². The van der Waals surface area contributed by atoms with Crippen LogP contribution in [0.3, 0.4) is 0 Å². The Labute approximate surface area is 76.3 Å². The minimum atomic E-state index is -2.00. The number of hydrogen-bond acceptors (Lipinski definition) is 3. The number of rotatable bonds is 1. The van der Waals surface area contributed by atoms with Gasteiger partial charge in [0.05, 0.1) is 0 Å². The van der Waals surface area contributed by atoms with E-state index in [1.165, 1.54) is 3.58 Å². The molecule has 12 heavy (non-hydrogen) atoms. The third-order valence-corrected chi connectivity index (χ3v) is 7.30. The van der Waals surface area contributed by atoms with Crippen molar-refractivity contribution in [3.8, 4) is 6.07 Å². The number of nitrogens with zero attached hydrogens (tertiary/aromatic N) is 3. The fraction of sp³-hybridized carbons (Fsp3) is 0.375. The van der Waals surface area contributed by atoms with Gasteiger partial charge in [0.25, 0.3) is 0 Å². The molecule has 0 fully saturated rings. The van der Waals surface area contributed by atoms with E-state index < -0.39 is 18.4 Å². The molecule has 3 nitrogen and oxygen atoms in total. The molecule has 0 amide bonds. The summed E-state index contributed by atoms with van der Waals surface area (Å²) in [7, 11) is 0. The quantitative estimate of drug-likeness (QED) is 0.711. The van der Waals surface area contributed by atoms with Crippen LogP contribution in [0.4, 0.5) is 0 Å². The molecular formula is C8H11N3Sn. The first-order valence-electron chi connectivity index (χ1n) is 3.76. The number of hydrogen-bond donors (Lipinski definition) is 0. The topological polar surface area (TPSA) is 49.6 Å². The van der Waals surface area contributed by atoms with E-state index in [0.29, 0.717) is 0 Å². The van der Waals surface area contributed by atoms with E-state index in [0.717, 1.165) is 0 Å². The number of aromatic nitrogens is 2. The average molecular weight is 268 g/mol. The summed E-state index contributed by atoms with van der Waals surface area (Å²) >= 11 is -2.00. The molecule has 0 aliphatic rings. The van der Waals surface area contributed by atoms with E-state index in [2.05, 4.69) is 24.8 Å². The van der Waals surface area contributed by atoms with Crippen LogP contribution in [0, 0.1) is 11.3 Å². The Balaban J connectivity index is 3.02. The van der Waals surface area contributed by atoms with Crippen molar-refractivity contribution < 1.29 is 0 Å². The van der Waals surface area contributed by atoms with Gasteiger partial charge in [-0.15, -0.1) is 0 Å². The van der Waals surface area contributed by atoms with E-state index in [9.17, 15) is 0 Å². The van der Waals surface area contributed by atoms with Crippen LogP contribution in [0.2, 0.25) is 14.8 Å². The third-order valence-electron chi connectivity index (χ3n) is 1.62. The first kappa shape index (κ1) is 9.46. The summed E-state index contributed by atoms with van der Waals surface area (Å²) in [6, 6.07) is 1.91. The Morgan fingerprint density at radius 3 is 2.08 bits per heavy atom. The van der Waals surface area contributed by atoms with Crippen LogP contribution in [0.5, 0.6) is 0 Å². The van der Waals surface area contributed by atoms with Gasteiger partial charge >= 0.3 is 76.3 Å². The Bertz CT molecular complexity index is 305. The van der Waals surface area contributed by atoms with Crippen LogP contribution < -0.4 is 3.58 Å². The first-order valence-corrected chi connectivity index (χ1v) is 13.8. The van der Waals surface area contributed by atoms with Crippen molar-refractivity contribution in [1.29, 1.82) is 5.26 Å². The molecule has 0 saturated carbocycles. The second kappa shape index (κ2) is 3.40. The molecule has 0 unspecified atom stereocenters. The zero-order valence-corrected chi connectivity index (χ0v) is 10.4. The molecule has 0 aliphatic carbocycles. The van der Waals surface area contributed by atoms with E-state index in [4.69, 9.17) is 5.26 Å². The predicted molar refractivity (Wildman–Crippen MR) is 49.7 cm³/mol. The molecule has 0 radical (unpaired) electrons. The molecular weight excluding hydrogens is 257 g/mol. The van der Waals surface area contributed by atoms with Crippen LogP contribution in [-0.2, 0) is 0 Å². The second-order valence-electron chi connectivity index (χ2n) is 3.66. The van der Waals surface area contributed by atoms with Crippen molar-refractivity contribution >= 4 is 22.0 Å². The van der Waals surface area contributed by atoms with E-state index in [-0.39, 0.29) is 5.82 Å². The van der Waals surface area contributed by atoms with Gasteiger partial charge in [-0.1, -0.05) is 0 Å². The van der Waals surface area contributed by atoms with Crippen molar-refractivity contribution in [2.75, 3.05) is 0 Å². The molecule has 4 heteroatoms. The van der Waals surface area contributed by atoms with Gasteiger partial charge < -0.3 is 0 Å². The molecule has 1 aromatic rings. The maximum atomic E-state index is 8.47. The summed E-state index contributed by atoms with van der Waals surface area (Å²) in [5, 5.41) is 8.47. The molecule has 0 atom stereocenters. The van der Waals surface area contributed by atoms with Gasteiger partial charge in [-0.05, 0) is 0 Å². The zero-order valence-electron chi connectivity index (χ0n) is 7.50. The normalized spacial score (nSPS) is 10.8. The van der Waals surface area contributed by atoms with E-state index in [1.807, 2.05) is 6.07 Å². The molecule has 0 N–H and O–H groups in total. The van der Waals surface area contributed by atoms with Gasteiger partial charge in [-0.2, -0.15) is 0 Å². The van der Waals surface area contributed by atoms with Gasteiger partial charge in [-0.3, -0.25) is 0 Å². The molecule has 1 rings (SSSR count). The van der Waals surface area contributed by atoms with Crippen LogP contribution in [0.1, 0.15) is 5.82 Å². The Morgan fingerprint density at radius 2 is 1.75 bits per heavy atom. The van der Waals surface area contributed by atoms with Gasteiger partial charge in [0.2, 0.25) is 0 Å². The van der Waals surface area contributed by atoms with Crippen LogP contribution in [-0.4, -0.2) is 28.3 Å². The predicted octanol–water partition coefficient (Wildman–Crippen LogP) is 0.893. The molecule has 0 bridgehead atoms. The van der Waals surface area contributed by atoms with Crippen molar-refractivity contribution in [1.82, 2.24) is 9.97 Å². The van der Waals surface area contributed by atoms with Crippen molar-refractivity contribution in [3.63, 3.8) is 0 Å². The molecule has 1 heterocycles. The Hall–Kier alpha value is -0.631. The third kappa shape index (κ3) is 2.18. The summed E-state index contributed by atoms with van der Waals surface area (Å²) < 4.78 is 1.25. The number of nitriles is 1. The maximum absolute atomic E-state index is 8.47. The summed E-state index contributed by atoms with van der Waals surface area (Å²) in [6.07, 6.45) is 3.59. The van der Waals surface area contributed by atoms with Crippen molar-refractivity contribution in [2.24, 2.45) is 0 Å². The monoisotopic (exact) mass is 269 g/mol. The Kier molecular flexibility index (Phi) is 2.68. The summed E-state index contributed by atoms with van der Waals surface area (Å²) in [5.74, 6) is 0.259. The molecule has 0 saturated heterocycles. The van der Waals surface area contributed by atoms with Crippen LogP contribution in [0.15, 0.2) is 12.4 Å². The summed E-state index contributed by atoms with van der Waals surface area (Å²) in [5.41, 5.74) is 0. The van der Waals surface area contributed by atoms with Crippen molar-refractivity contribution in [2.45, 2.75) is 14.8 Å². The second-order valence-corrected chi connectivity index (χ2v) is 18.1. The van der Waals surface area contributed by atoms with Crippen LogP contribution in [0.25, 0.3) is 0 Å². The molecule has 1 aromatic heterocycles. The standard InChI is InChI=1S/C5H2N3.3CH3.Sn/c6-4-5-7-2-1-3-8-5;;;;/h2-3H;3*1H3;. The molecule has 0 aliphatic heterocycles.